The van der Waals surface area contributed by atoms with Gasteiger partial charge in [-0.25, -0.2) is 4.79 Å². The number of aromatic amines is 1. The standard InChI is InChI=1S/C8H13N3O2/c1-11-3-2-6(5-11)4-7-9-8(12)10-13-7/h6H,2-5H2,1H3,(H,10,12). The molecular formula is C8H13N3O2. The van der Waals surface area contributed by atoms with Crippen molar-refractivity contribution in [3.63, 3.8) is 0 Å². The lowest BCUT2D eigenvalue weighted by molar-refractivity contribution is 0.341. The normalized spacial score (nSPS) is 23.9. The molecule has 0 aromatic carbocycles. The van der Waals surface area contributed by atoms with E-state index in [2.05, 4.69) is 22.1 Å². The zero-order valence-electron chi connectivity index (χ0n) is 7.62. The van der Waals surface area contributed by atoms with Gasteiger partial charge in [-0.2, -0.15) is 10.1 Å². The third kappa shape index (κ3) is 1.98. The van der Waals surface area contributed by atoms with E-state index >= 15 is 0 Å². The van der Waals surface area contributed by atoms with E-state index in [9.17, 15) is 4.79 Å². The highest BCUT2D eigenvalue weighted by Crippen LogP contribution is 2.17. The second-order valence-corrected chi connectivity index (χ2v) is 3.64. The summed E-state index contributed by atoms with van der Waals surface area (Å²) in [6.07, 6.45) is 1.93. The van der Waals surface area contributed by atoms with Crippen molar-refractivity contribution < 1.29 is 4.52 Å². The zero-order valence-corrected chi connectivity index (χ0v) is 7.62. The fraction of sp³-hybridized carbons (Fsp3) is 0.750. The highest BCUT2D eigenvalue weighted by Gasteiger charge is 2.21. The lowest BCUT2D eigenvalue weighted by atomic mass is 10.1. The molecule has 0 radical (unpaired) electrons. The van der Waals surface area contributed by atoms with Crippen molar-refractivity contribution in [1.29, 1.82) is 0 Å². The molecule has 1 aliphatic heterocycles. The molecule has 2 rings (SSSR count). The highest BCUT2D eigenvalue weighted by molar-refractivity contribution is 4.83. The predicted molar refractivity (Wildman–Crippen MR) is 46.4 cm³/mol. The van der Waals surface area contributed by atoms with E-state index in [4.69, 9.17) is 4.52 Å². The largest absolute Gasteiger partial charge is 0.377 e. The summed E-state index contributed by atoms with van der Waals surface area (Å²) in [5.74, 6) is 1.11. The van der Waals surface area contributed by atoms with Crippen molar-refractivity contribution in [2.75, 3.05) is 20.1 Å². The molecule has 0 bridgehead atoms. The second kappa shape index (κ2) is 3.33. The van der Waals surface area contributed by atoms with Gasteiger partial charge in [-0.15, -0.1) is 0 Å². The fourth-order valence-corrected chi connectivity index (χ4v) is 1.79. The van der Waals surface area contributed by atoms with Gasteiger partial charge in [0, 0.05) is 13.0 Å². The van der Waals surface area contributed by atoms with Crippen LogP contribution in [0.2, 0.25) is 0 Å². The van der Waals surface area contributed by atoms with Gasteiger partial charge in [-0.1, -0.05) is 0 Å². The first-order valence-electron chi connectivity index (χ1n) is 4.47. The number of hydrogen-bond donors (Lipinski definition) is 1. The van der Waals surface area contributed by atoms with Crippen LogP contribution in [0.5, 0.6) is 0 Å². The van der Waals surface area contributed by atoms with Crippen LogP contribution in [0.4, 0.5) is 0 Å². The summed E-state index contributed by atoms with van der Waals surface area (Å²) in [5.41, 5.74) is -0.388. The van der Waals surface area contributed by atoms with Crippen molar-refractivity contribution in [2.45, 2.75) is 12.8 Å². The Labute approximate surface area is 75.7 Å². The Morgan fingerprint density at radius 2 is 2.62 bits per heavy atom. The third-order valence-corrected chi connectivity index (χ3v) is 2.43. The molecule has 1 N–H and O–H groups in total. The minimum absolute atomic E-state index is 0.388. The van der Waals surface area contributed by atoms with Crippen LogP contribution in [0.3, 0.4) is 0 Å². The van der Waals surface area contributed by atoms with E-state index in [0.717, 1.165) is 25.9 Å². The smallest absolute Gasteiger partial charge is 0.362 e. The van der Waals surface area contributed by atoms with Crippen molar-refractivity contribution in [1.82, 2.24) is 15.0 Å². The van der Waals surface area contributed by atoms with Crippen molar-refractivity contribution in [2.24, 2.45) is 5.92 Å². The fourth-order valence-electron chi connectivity index (χ4n) is 1.79. The molecule has 5 heteroatoms. The summed E-state index contributed by atoms with van der Waals surface area (Å²) in [6.45, 7) is 2.19. The second-order valence-electron chi connectivity index (χ2n) is 3.64. The first-order chi connectivity index (χ1) is 6.24. The molecule has 0 aliphatic carbocycles. The van der Waals surface area contributed by atoms with Gasteiger partial charge in [0.25, 0.3) is 0 Å². The molecule has 1 saturated heterocycles. The lowest BCUT2D eigenvalue weighted by Gasteiger charge is -2.06. The molecule has 5 nitrogen and oxygen atoms in total. The first-order valence-corrected chi connectivity index (χ1v) is 4.47. The van der Waals surface area contributed by atoms with Gasteiger partial charge in [-0.05, 0) is 25.9 Å². The van der Waals surface area contributed by atoms with Crippen molar-refractivity contribution >= 4 is 0 Å². The number of aromatic nitrogens is 2. The number of nitrogens with zero attached hydrogens (tertiary/aromatic N) is 2. The molecular weight excluding hydrogens is 170 g/mol. The van der Waals surface area contributed by atoms with Crippen LogP contribution < -0.4 is 5.69 Å². The van der Waals surface area contributed by atoms with Gasteiger partial charge in [-0.3, -0.25) is 0 Å². The van der Waals surface area contributed by atoms with Crippen LogP contribution in [0, 0.1) is 5.92 Å². The Kier molecular flexibility index (Phi) is 2.18. The van der Waals surface area contributed by atoms with Crippen LogP contribution in [0.15, 0.2) is 9.32 Å². The minimum Gasteiger partial charge on any atom is -0.362 e. The summed E-state index contributed by atoms with van der Waals surface area (Å²) >= 11 is 0. The van der Waals surface area contributed by atoms with Crippen LogP contribution in [-0.2, 0) is 6.42 Å². The molecule has 0 amide bonds. The monoisotopic (exact) mass is 183 g/mol. The van der Waals surface area contributed by atoms with Gasteiger partial charge in [0.05, 0.1) is 0 Å². The maximum Gasteiger partial charge on any atom is 0.377 e. The van der Waals surface area contributed by atoms with E-state index in [1.54, 1.807) is 0 Å². The molecule has 1 aliphatic rings. The number of nitrogens with one attached hydrogen (secondary N) is 1. The SMILES string of the molecule is CN1CCC(Cc2nc(=O)[nH]o2)C1. The highest BCUT2D eigenvalue weighted by atomic mass is 16.5. The number of hydrogen-bond acceptors (Lipinski definition) is 4. The first kappa shape index (κ1) is 8.50. The predicted octanol–water partition coefficient (Wildman–Crippen LogP) is -0.143. The molecule has 0 saturated carbocycles. The van der Waals surface area contributed by atoms with E-state index in [-0.39, 0.29) is 5.69 Å². The van der Waals surface area contributed by atoms with Crippen LogP contribution in [0.1, 0.15) is 12.3 Å². The third-order valence-electron chi connectivity index (χ3n) is 2.43. The average molecular weight is 183 g/mol. The Morgan fingerprint density at radius 1 is 1.77 bits per heavy atom. The summed E-state index contributed by atoms with van der Waals surface area (Å²) in [5, 5.41) is 2.20. The van der Waals surface area contributed by atoms with Crippen LogP contribution in [-0.4, -0.2) is 35.2 Å². The van der Waals surface area contributed by atoms with Crippen molar-refractivity contribution in [3.8, 4) is 0 Å². The van der Waals surface area contributed by atoms with Gasteiger partial charge in [0.2, 0.25) is 5.89 Å². The van der Waals surface area contributed by atoms with Gasteiger partial charge < -0.3 is 9.42 Å². The summed E-state index contributed by atoms with van der Waals surface area (Å²) in [4.78, 5) is 16.6. The Morgan fingerprint density at radius 3 is 3.15 bits per heavy atom. The summed E-state index contributed by atoms with van der Waals surface area (Å²) < 4.78 is 4.89. The van der Waals surface area contributed by atoms with Gasteiger partial charge in [0.15, 0.2) is 0 Å². The Bertz CT molecular complexity index is 330. The van der Waals surface area contributed by atoms with E-state index in [1.807, 2.05) is 0 Å². The van der Waals surface area contributed by atoms with Crippen LogP contribution >= 0.6 is 0 Å². The number of rotatable bonds is 2. The summed E-state index contributed by atoms with van der Waals surface area (Å²) in [6, 6.07) is 0. The summed E-state index contributed by atoms with van der Waals surface area (Å²) in [7, 11) is 2.10. The molecule has 0 spiro atoms. The van der Waals surface area contributed by atoms with E-state index in [1.165, 1.54) is 0 Å². The lowest BCUT2D eigenvalue weighted by Crippen LogP contribution is -2.15. The Balaban J connectivity index is 1.95. The van der Waals surface area contributed by atoms with Gasteiger partial charge >= 0.3 is 5.69 Å². The van der Waals surface area contributed by atoms with Crippen LogP contribution in [0.25, 0.3) is 0 Å². The molecule has 1 atom stereocenters. The molecule has 1 aromatic heterocycles. The molecule has 2 heterocycles. The average Bonchev–Trinajstić information content (AvgIpc) is 2.62. The number of likely N-dealkylation sites (tertiary alicyclic amines) is 1. The van der Waals surface area contributed by atoms with E-state index in [0.29, 0.717) is 11.8 Å². The number of H-pyrrole nitrogens is 1. The van der Waals surface area contributed by atoms with Gasteiger partial charge in [0.1, 0.15) is 0 Å². The topological polar surface area (TPSA) is 62.1 Å². The quantitative estimate of drug-likeness (QED) is 0.693. The Hall–Kier alpha value is -1.10. The molecule has 1 aromatic rings. The molecule has 13 heavy (non-hydrogen) atoms. The van der Waals surface area contributed by atoms with Crippen molar-refractivity contribution in [3.05, 3.63) is 16.4 Å². The maximum atomic E-state index is 10.7. The van der Waals surface area contributed by atoms with E-state index < -0.39 is 0 Å². The maximum absolute atomic E-state index is 10.7. The zero-order chi connectivity index (χ0) is 9.26. The molecule has 1 fully saturated rings. The molecule has 72 valence electrons. The molecule has 1 unspecified atom stereocenters. The minimum atomic E-state index is -0.388.